The summed E-state index contributed by atoms with van der Waals surface area (Å²) in [6, 6.07) is 9.80. The van der Waals surface area contributed by atoms with E-state index in [4.69, 9.17) is 5.73 Å². The van der Waals surface area contributed by atoms with E-state index in [1.165, 1.54) is 24.7 Å². The minimum atomic E-state index is -1.31. The lowest BCUT2D eigenvalue weighted by Crippen LogP contribution is -2.57. The van der Waals surface area contributed by atoms with Gasteiger partial charge in [-0.05, 0) is 29.3 Å². The summed E-state index contributed by atoms with van der Waals surface area (Å²) < 4.78 is 0. The van der Waals surface area contributed by atoms with Crippen molar-refractivity contribution in [3.05, 3.63) is 84.1 Å². The van der Waals surface area contributed by atoms with Crippen LogP contribution in [0.3, 0.4) is 0 Å². The third kappa shape index (κ3) is 7.70. The van der Waals surface area contributed by atoms with Crippen LogP contribution in [0, 0.1) is 0 Å². The van der Waals surface area contributed by atoms with Crippen molar-refractivity contribution >= 4 is 34.6 Å². The number of carbonyl (C=O) groups excluding carboxylic acids is 3. The number of para-hydroxylation sites is 1. The zero-order valence-electron chi connectivity index (χ0n) is 22.0. The van der Waals surface area contributed by atoms with Crippen molar-refractivity contribution in [2.75, 3.05) is 6.54 Å². The second-order valence-electron chi connectivity index (χ2n) is 9.50. The molecule has 0 fully saturated rings. The van der Waals surface area contributed by atoms with Crippen LogP contribution in [0.2, 0.25) is 0 Å². The second-order valence-corrected chi connectivity index (χ2v) is 9.50. The van der Waals surface area contributed by atoms with Crippen LogP contribution < -0.4 is 21.7 Å². The Morgan fingerprint density at radius 2 is 1.54 bits per heavy atom. The van der Waals surface area contributed by atoms with Gasteiger partial charge in [0.15, 0.2) is 0 Å². The van der Waals surface area contributed by atoms with Crippen molar-refractivity contribution in [2.24, 2.45) is 5.73 Å². The van der Waals surface area contributed by atoms with Gasteiger partial charge >= 0.3 is 5.97 Å². The van der Waals surface area contributed by atoms with Gasteiger partial charge in [-0.1, -0.05) is 30.3 Å². The predicted molar refractivity (Wildman–Crippen MR) is 149 cm³/mol. The van der Waals surface area contributed by atoms with Gasteiger partial charge < -0.3 is 41.9 Å². The first kappa shape index (κ1) is 28.8. The van der Waals surface area contributed by atoms with E-state index in [2.05, 4.69) is 30.9 Å². The highest BCUT2D eigenvalue weighted by molar-refractivity contribution is 5.94. The molecule has 3 amide bonds. The maximum absolute atomic E-state index is 13.6. The Bertz CT molecular complexity index is 1500. The number of aromatic hydroxyl groups is 1. The third-order valence-electron chi connectivity index (χ3n) is 6.54. The molecule has 0 aliphatic rings. The van der Waals surface area contributed by atoms with Crippen molar-refractivity contribution < 1.29 is 29.4 Å². The van der Waals surface area contributed by atoms with Crippen molar-refractivity contribution in [2.45, 2.75) is 37.4 Å². The van der Waals surface area contributed by atoms with Crippen LogP contribution >= 0.6 is 0 Å². The number of carbonyl (C=O) groups is 4. The highest BCUT2D eigenvalue weighted by Crippen LogP contribution is 2.20. The van der Waals surface area contributed by atoms with Crippen molar-refractivity contribution in [1.29, 1.82) is 0 Å². The molecule has 41 heavy (non-hydrogen) atoms. The van der Waals surface area contributed by atoms with E-state index >= 15 is 0 Å². The highest BCUT2D eigenvalue weighted by atomic mass is 16.4. The Balaban J connectivity index is 1.58. The smallest absolute Gasteiger partial charge is 0.326 e. The van der Waals surface area contributed by atoms with E-state index in [0.717, 1.165) is 16.5 Å². The molecule has 13 heteroatoms. The number of aliphatic carboxylic acids is 1. The summed E-state index contributed by atoms with van der Waals surface area (Å²) >= 11 is 0. The van der Waals surface area contributed by atoms with Gasteiger partial charge in [0, 0.05) is 48.3 Å². The number of H-pyrrole nitrogens is 2. The molecule has 13 nitrogen and oxygen atoms in total. The molecule has 0 radical (unpaired) electrons. The molecule has 0 aliphatic heterocycles. The fourth-order valence-corrected chi connectivity index (χ4v) is 4.42. The first-order valence-corrected chi connectivity index (χ1v) is 12.9. The van der Waals surface area contributed by atoms with Gasteiger partial charge in [0.05, 0.1) is 12.9 Å². The molecule has 0 bridgehead atoms. The van der Waals surface area contributed by atoms with E-state index in [0.29, 0.717) is 11.3 Å². The number of benzene rings is 2. The SMILES string of the molecule is NCC(=O)NC(Cc1cnc[nH]1)C(=O)NC(Cc1c[nH]c2ccccc12)C(=O)NC(Cc1ccc(O)cc1)C(=O)O. The van der Waals surface area contributed by atoms with Gasteiger partial charge in [0.25, 0.3) is 0 Å². The van der Waals surface area contributed by atoms with Crippen LogP contribution in [0.5, 0.6) is 5.75 Å². The van der Waals surface area contributed by atoms with Crippen molar-refractivity contribution in [3.63, 3.8) is 0 Å². The Hall–Kier alpha value is -5.17. The first-order chi connectivity index (χ1) is 19.7. The number of phenols is 1. The number of fused-ring (bicyclic) bond motifs is 1. The van der Waals surface area contributed by atoms with Crippen LogP contribution in [0.1, 0.15) is 16.8 Å². The maximum Gasteiger partial charge on any atom is 0.326 e. The molecule has 3 unspecified atom stereocenters. The van der Waals surface area contributed by atoms with E-state index in [1.807, 2.05) is 24.3 Å². The fraction of sp³-hybridized carbons (Fsp3) is 0.250. The van der Waals surface area contributed by atoms with E-state index in [1.54, 1.807) is 18.3 Å². The lowest BCUT2D eigenvalue weighted by molar-refractivity contribution is -0.142. The molecule has 0 saturated carbocycles. The largest absolute Gasteiger partial charge is 0.508 e. The number of imidazole rings is 1. The van der Waals surface area contributed by atoms with Crippen LogP contribution in [0.15, 0.2) is 67.3 Å². The van der Waals surface area contributed by atoms with Gasteiger partial charge in [-0.15, -0.1) is 0 Å². The van der Waals surface area contributed by atoms with Gasteiger partial charge in [-0.25, -0.2) is 9.78 Å². The van der Waals surface area contributed by atoms with Gasteiger partial charge in [-0.3, -0.25) is 14.4 Å². The average molecular weight is 562 g/mol. The Kier molecular flexibility index (Phi) is 9.32. The highest BCUT2D eigenvalue weighted by Gasteiger charge is 2.30. The van der Waals surface area contributed by atoms with Crippen LogP contribution in [0.25, 0.3) is 10.9 Å². The molecule has 2 aromatic heterocycles. The summed E-state index contributed by atoms with van der Waals surface area (Å²) in [5.41, 5.74) is 8.14. The summed E-state index contributed by atoms with van der Waals surface area (Å²) in [5.74, 6) is -3.19. The summed E-state index contributed by atoms with van der Waals surface area (Å²) in [7, 11) is 0. The normalized spacial score (nSPS) is 13.2. The average Bonchev–Trinajstić information content (AvgIpc) is 3.63. The van der Waals surface area contributed by atoms with Gasteiger partial charge in [0.1, 0.15) is 23.9 Å². The Morgan fingerprint density at radius 3 is 2.20 bits per heavy atom. The van der Waals surface area contributed by atoms with Crippen LogP contribution in [-0.2, 0) is 38.4 Å². The zero-order chi connectivity index (χ0) is 29.4. The minimum absolute atomic E-state index is 0.0255. The number of hydrogen-bond acceptors (Lipinski definition) is 7. The number of carboxylic acids is 1. The number of nitrogens with one attached hydrogen (secondary N) is 5. The van der Waals surface area contributed by atoms with Gasteiger partial charge in [0.2, 0.25) is 17.7 Å². The number of aromatic nitrogens is 3. The number of amides is 3. The molecule has 2 heterocycles. The molecular weight excluding hydrogens is 530 g/mol. The molecule has 0 spiro atoms. The topological polar surface area (TPSA) is 215 Å². The minimum Gasteiger partial charge on any atom is -0.508 e. The molecule has 3 atom stereocenters. The molecule has 4 aromatic rings. The Labute approximate surface area is 234 Å². The Morgan fingerprint density at radius 1 is 0.854 bits per heavy atom. The second kappa shape index (κ2) is 13.3. The summed E-state index contributed by atoms with van der Waals surface area (Å²) in [6.45, 7) is -0.344. The maximum atomic E-state index is 13.6. The van der Waals surface area contributed by atoms with Crippen LogP contribution in [0.4, 0.5) is 0 Å². The zero-order valence-corrected chi connectivity index (χ0v) is 22.0. The molecule has 2 aromatic carbocycles. The lowest BCUT2D eigenvalue weighted by atomic mass is 10.0. The number of phenolic OH excluding ortho intramolecular Hbond substituents is 1. The molecule has 0 aliphatic carbocycles. The standard InChI is InChI=1S/C28H31N7O6/c29-12-25(37)33-23(11-18-14-30-15-32-18)27(39)34-22(10-17-13-31-21-4-2-1-3-20(17)21)26(38)35-24(28(40)41)9-16-5-7-19(36)8-6-16/h1-8,13-15,22-24,31,36H,9-12,29H2,(H,30,32)(H,33,37)(H,34,39)(H,35,38)(H,40,41). The van der Waals surface area contributed by atoms with E-state index in [9.17, 15) is 29.4 Å². The number of nitrogens with zero attached hydrogens (tertiary/aromatic N) is 1. The summed E-state index contributed by atoms with van der Waals surface area (Å²) in [4.78, 5) is 61.1. The lowest BCUT2D eigenvalue weighted by Gasteiger charge is -2.24. The number of hydrogen-bond donors (Lipinski definition) is 8. The number of aromatic amines is 2. The first-order valence-electron chi connectivity index (χ1n) is 12.9. The molecular formula is C28H31N7O6. The molecule has 9 N–H and O–H groups in total. The number of carboxylic acid groups (broad SMARTS) is 1. The van der Waals surface area contributed by atoms with Crippen LogP contribution in [-0.4, -0.2) is 73.5 Å². The molecule has 214 valence electrons. The van der Waals surface area contributed by atoms with E-state index < -0.39 is 41.8 Å². The fourth-order valence-electron chi connectivity index (χ4n) is 4.42. The number of rotatable bonds is 13. The summed E-state index contributed by atoms with van der Waals surface area (Å²) in [5, 5.41) is 28.0. The predicted octanol–water partition coefficient (Wildman–Crippen LogP) is 0.122. The summed E-state index contributed by atoms with van der Waals surface area (Å²) in [6.07, 6.45) is 4.70. The third-order valence-corrected chi connectivity index (χ3v) is 6.54. The monoisotopic (exact) mass is 561 g/mol. The molecule has 4 rings (SSSR count). The van der Waals surface area contributed by atoms with Crippen molar-refractivity contribution in [1.82, 2.24) is 30.9 Å². The van der Waals surface area contributed by atoms with Gasteiger partial charge in [-0.2, -0.15) is 0 Å². The number of nitrogens with two attached hydrogens (primary N) is 1. The van der Waals surface area contributed by atoms with Crippen molar-refractivity contribution in [3.8, 4) is 5.75 Å². The quantitative estimate of drug-likeness (QED) is 0.112. The molecule has 0 saturated heterocycles. The van der Waals surface area contributed by atoms with E-state index in [-0.39, 0.29) is 31.6 Å².